The molecule has 2 saturated carbocycles. The topological polar surface area (TPSA) is 37.8 Å². The second-order valence-corrected chi connectivity index (χ2v) is 6.33. The minimum atomic E-state index is 0.500. The molecule has 4 heteroatoms. The number of rotatable bonds is 4. The highest BCUT2D eigenvalue weighted by Crippen LogP contribution is 2.53. The van der Waals surface area contributed by atoms with Crippen LogP contribution in [0.15, 0.2) is 0 Å². The van der Waals surface area contributed by atoms with Crippen molar-refractivity contribution in [2.24, 2.45) is 17.8 Å². The fourth-order valence-corrected chi connectivity index (χ4v) is 4.86. The van der Waals surface area contributed by atoms with Gasteiger partial charge in [0.25, 0.3) is 0 Å². The van der Waals surface area contributed by atoms with E-state index in [0.29, 0.717) is 6.04 Å². The number of nitrogens with one attached hydrogen (secondary N) is 1. The van der Waals surface area contributed by atoms with Crippen molar-refractivity contribution in [2.75, 3.05) is 7.05 Å². The van der Waals surface area contributed by atoms with E-state index in [1.54, 1.807) is 11.5 Å². The van der Waals surface area contributed by atoms with E-state index in [1.807, 2.05) is 0 Å². The molecule has 3 nitrogen and oxygen atoms in total. The third kappa shape index (κ3) is 1.91. The molecule has 0 spiro atoms. The van der Waals surface area contributed by atoms with Crippen LogP contribution >= 0.6 is 11.5 Å². The Bertz CT molecular complexity index is 390. The Morgan fingerprint density at radius 1 is 1.41 bits per heavy atom. The molecule has 2 bridgehead atoms. The number of nitrogens with zero attached hydrogens (tertiary/aromatic N) is 2. The molecular weight excluding hydrogens is 230 g/mol. The molecule has 1 aromatic heterocycles. The third-order valence-electron chi connectivity index (χ3n) is 4.73. The van der Waals surface area contributed by atoms with Crippen LogP contribution in [0.5, 0.6) is 0 Å². The standard InChI is InChI=1S/C13H21N3S/c1-3-11-13(17-16-15-11)12(14-2)10-7-8-4-5-9(10)6-8/h8-10,12,14H,3-7H2,1-2H3. The van der Waals surface area contributed by atoms with Crippen molar-refractivity contribution in [3.05, 3.63) is 10.6 Å². The maximum atomic E-state index is 4.27. The van der Waals surface area contributed by atoms with Crippen LogP contribution in [0.1, 0.15) is 49.2 Å². The Labute approximate surface area is 107 Å². The molecule has 1 aromatic rings. The van der Waals surface area contributed by atoms with Gasteiger partial charge >= 0.3 is 0 Å². The minimum Gasteiger partial charge on any atom is -0.312 e. The molecule has 1 N–H and O–H groups in total. The monoisotopic (exact) mass is 251 g/mol. The Morgan fingerprint density at radius 3 is 2.88 bits per heavy atom. The van der Waals surface area contributed by atoms with Gasteiger partial charge in [0.2, 0.25) is 0 Å². The van der Waals surface area contributed by atoms with E-state index < -0.39 is 0 Å². The molecular formula is C13H21N3S. The first-order chi connectivity index (χ1) is 8.33. The Morgan fingerprint density at radius 2 is 2.29 bits per heavy atom. The van der Waals surface area contributed by atoms with Gasteiger partial charge in [-0.1, -0.05) is 17.8 Å². The zero-order valence-electron chi connectivity index (χ0n) is 10.6. The van der Waals surface area contributed by atoms with Crippen molar-refractivity contribution < 1.29 is 0 Å². The molecule has 0 amide bonds. The predicted octanol–water partition coefficient (Wildman–Crippen LogP) is 2.80. The van der Waals surface area contributed by atoms with Gasteiger partial charge in [-0.15, -0.1) is 5.10 Å². The summed E-state index contributed by atoms with van der Waals surface area (Å²) in [5, 5.41) is 7.80. The highest BCUT2D eigenvalue weighted by molar-refractivity contribution is 7.05. The third-order valence-corrected chi connectivity index (χ3v) is 5.58. The first-order valence-corrected chi connectivity index (χ1v) is 7.59. The lowest BCUT2D eigenvalue weighted by Gasteiger charge is -2.29. The van der Waals surface area contributed by atoms with Crippen LogP contribution < -0.4 is 5.32 Å². The van der Waals surface area contributed by atoms with Crippen molar-refractivity contribution in [2.45, 2.75) is 45.1 Å². The molecule has 0 aliphatic heterocycles. The predicted molar refractivity (Wildman–Crippen MR) is 70.0 cm³/mol. The lowest BCUT2D eigenvalue weighted by atomic mass is 9.82. The summed E-state index contributed by atoms with van der Waals surface area (Å²) in [7, 11) is 2.09. The van der Waals surface area contributed by atoms with Crippen LogP contribution in [-0.2, 0) is 6.42 Å². The maximum Gasteiger partial charge on any atom is 0.0801 e. The van der Waals surface area contributed by atoms with Gasteiger partial charge in [-0.3, -0.25) is 0 Å². The highest BCUT2D eigenvalue weighted by atomic mass is 32.1. The molecule has 0 radical (unpaired) electrons. The maximum absolute atomic E-state index is 4.27. The fraction of sp³-hybridized carbons (Fsp3) is 0.846. The van der Waals surface area contributed by atoms with Crippen LogP contribution in [0.25, 0.3) is 0 Å². The van der Waals surface area contributed by atoms with Gasteiger partial charge in [0.05, 0.1) is 10.6 Å². The molecule has 4 atom stereocenters. The van der Waals surface area contributed by atoms with Gasteiger partial charge in [0.15, 0.2) is 0 Å². The molecule has 2 fully saturated rings. The number of fused-ring (bicyclic) bond motifs is 2. The van der Waals surface area contributed by atoms with E-state index >= 15 is 0 Å². The summed E-state index contributed by atoms with van der Waals surface area (Å²) in [6, 6.07) is 0.500. The fourth-order valence-electron chi connectivity index (χ4n) is 3.94. The summed E-state index contributed by atoms with van der Waals surface area (Å²) >= 11 is 1.60. The van der Waals surface area contributed by atoms with Crippen molar-refractivity contribution in [3.8, 4) is 0 Å². The first-order valence-electron chi connectivity index (χ1n) is 6.81. The van der Waals surface area contributed by atoms with Gasteiger partial charge in [-0.25, -0.2) is 0 Å². The summed E-state index contributed by atoms with van der Waals surface area (Å²) < 4.78 is 4.15. The quantitative estimate of drug-likeness (QED) is 0.894. The number of aryl methyl sites for hydroxylation is 1. The van der Waals surface area contributed by atoms with Crippen molar-refractivity contribution in [1.82, 2.24) is 14.9 Å². The number of aromatic nitrogens is 2. The lowest BCUT2D eigenvalue weighted by molar-refractivity contribution is 0.261. The zero-order valence-corrected chi connectivity index (χ0v) is 11.5. The second-order valence-electron chi connectivity index (χ2n) is 5.54. The lowest BCUT2D eigenvalue weighted by Crippen LogP contribution is -2.29. The van der Waals surface area contributed by atoms with E-state index in [4.69, 9.17) is 0 Å². The number of hydrogen-bond acceptors (Lipinski definition) is 4. The molecule has 94 valence electrons. The van der Waals surface area contributed by atoms with Crippen LogP contribution in [0, 0.1) is 17.8 Å². The summed E-state index contributed by atoms with van der Waals surface area (Å²) in [6.45, 7) is 2.17. The van der Waals surface area contributed by atoms with Gasteiger partial charge in [-0.2, -0.15) is 0 Å². The normalized spacial score (nSPS) is 33.2. The summed E-state index contributed by atoms with van der Waals surface area (Å²) in [4.78, 5) is 1.40. The summed E-state index contributed by atoms with van der Waals surface area (Å²) in [5.74, 6) is 2.78. The average molecular weight is 251 g/mol. The minimum absolute atomic E-state index is 0.500. The van der Waals surface area contributed by atoms with Crippen LogP contribution in [0.3, 0.4) is 0 Å². The second kappa shape index (κ2) is 4.65. The molecule has 3 rings (SSSR count). The van der Waals surface area contributed by atoms with Crippen LogP contribution in [0.2, 0.25) is 0 Å². The summed E-state index contributed by atoms with van der Waals surface area (Å²) in [5.41, 5.74) is 1.21. The van der Waals surface area contributed by atoms with E-state index in [1.165, 1.54) is 36.3 Å². The number of hydrogen-bond donors (Lipinski definition) is 1. The first kappa shape index (κ1) is 11.6. The van der Waals surface area contributed by atoms with Crippen molar-refractivity contribution >= 4 is 11.5 Å². The Balaban J connectivity index is 1.84. The molecule has 0 saturated heterocycles. The van der Waals surface area contributed by atoms with Crippen molar-refractivity contribution in [3.63, 3.8) is 0 Å². The van der Waals surface area contributed by atoms with E-state index in [2.05, 4.69) is 28.9 Å². The van der Waals surface area contributed by atoms with Gasteiger partial charge in [0.1, 0.15) is 0 Å². The molecule has 0 aromatic carbocycles. The van der Waals surface area contributed by atoms with Crippen LogP contribution in [0.4, 0.5) is 0 Å². The SMILES string of the molecule is CCc1nnsc1C(NC)C1CC2CCC1C2. The van der Waals surface area contributed by atoms with Gasteiger partial charge in [-0.05, 0) is 62.0 Å². The molecule has 4 unspecified atom stereocenters. The van der Waals surface area contributed by atoms with E-state index in [9.17, 15) is 0 Å². The smallest absolute Gasteiger partial charge is 0.0801 e. The van der Waals surface area contributed by atoms with E-state index in [-0.39, 0.29) is 0 Å². The Kier molecular flexibility index (Phi) is 3.17. The molecule has 2 aliphatic carbocycles. The van der Waals surface area contributed by atoms with Gasteiger partial charge in [0, 0.05) is 6.04 Å². The van der Waals surface area contributed by atoms with Crippen LogP contribution in [-0.4, -0.2) is 16.6 Å². The van der Waals surface area contributed by atoms with Gasteiger partial charge < -0.3 is 5.32 Å². The van der Waals surface area contributed by atoms with E-state index in [0.717, 1.165) is 24.2 Å². The molecule has 2 aliphatic rings. The summed E-state index contributed by atoms with van der Waals surface area (Å²) in [6.07, 6.45) is 6.80. The van der Waals surface area contributed by atoms with Crippen molar-refractivity contribution in [1.29, 1.82) is 0 Å². The largest absolute Gasteiger partial charge is 0.312 e. The molecule has 1 heterocycles. The molecule has 17 heavy (non-hydrogen) atoms. The zero-order chi connectivity index (χ0) is 11.8. The average Bonchev–Trinajstić information content (AvgIpc) is 3.05. The highest BCUT2D eigenvalue weighted by Gasteiger charge is 2.44. The Hall–Kier alpha value is -0.480.